The Balaban J connectivity index is 1.94. The Morgan fingerprint density at radius 2 is 1.84 bits per heavy atom. The summed E-state index contributed by atoms with van der Waals surface area (Å²) >= 11 is 12.6. The van der Waals surface area contributed by atoms with E-state index in [4.69, 9.17) is 28.6 Å². The minimum Gasteiger partial charge on any atom is -0.496 e. The molecule has 0 saturated carbocycles. The molecule has 0 atom stereocenters. The van der Waals surface area contributed by atoms with Crippen LogP contribution in [0.25, 0.3) is 0 Å². The Bertz CT molecular complexity index is 819. The highest BCUT2D eigenvalue weighted by atomic mass is 35.5. The van der Waals surface area contributed by atoms with Crippen LogP contribution in [0.3, 0.4) is 0 Å². The zero-order valence-electron chi connectivity index (χ0n) is 13.6. The van der Waals surface area contributed by atoms with Crippen molar-refractivity contribution in [1.82, 2.24) is 0 Å². The van der Waals surface area contributed by atoms with Gasteiger partial charge >= 0.3 is 0 Å². The van der Waals surface area contributed by atoms with Gasteiger partial charge in [0.2, 0.25) is 0 Å². The quantitative estimate of drug-likeness (QED) is 0.399. The van der Waals surface area contributed by atoms with Crippen LogP contribution < -0.4 is 4.90 Å². The summed E-state index contributed by atoms with van der Waals surface area (Å²) in [6, 6.07) is 17.0. The smallest absolute Gasteiger partial charge is 0.274 e. The van der Waals surface area contributed by atoms with Gasteiger partial charge in [-0.05, 0) is 36.8 Å². The van der Waals surface area contributed by atoms with Crippen LogP contribution in [0.5, 0.6) is 0 Å². The highest BCUT2D eigenvalue weighted by Crippen LogP contribution is 2.38. The zero-order chi connectivity index (χ0) is 17.8. The lowest BCUT2D eigenvalue weighted by molar-refractivity contribution is -0.113. The van der Waals surface area contributed by atoms with Crippen LogP contribution >= 0.6 is 35.6 Å². The van der Waals surface area contributed by atoms with Crippen LogP contribution in [-0.2, 0) is 16.0 Å². The first-order valence-corrected chi connectivity index (χ1v) is 9.42. The summed E-state index contributed by atoms with van der Waals surface area (Å²) in [5.74, 6) is 0.499. The van der Waals surface area contributed by atoms with Gasteiger partial charge in [-0.2, -0.15) is 0 Å². The van der Waals surface area contributed by atoms with Gasteiger partial charge in [0.25, 0.3) is 5.91 Å². The van der Waals surface area contributed by atoms with E-state index >= 15 is 0 Å². The summed E-state index contributed by atoms with van der Waals surface area (Å²) in [4.78, 5) is 15.0. The van der Waals surface area contributed by atoms with E-state index in [0.717, 1.165) is 5.56 Å². The van der Waals surface area contributed by atoms with E-state index in [0.29, 0.717) is 38.7 Å². The maximum absolute atomic E-state index is 13.0. The first-order valence-electron chi connectivity index (χ1n) is 7.82. The molecule has 1 saturated heterocycles. The second-order valence-corrected chi connectivity index (χ2v) is 7.41. The molecule has 2 aromatic carbocycles. The molecule has 128 valence electrons. The molecular formula is C19H16ClNO2S2. The Hall–Kier alpha value is -1.82. The van der Waals surface area contributed by atoms with Crippen molar-refractivity contribution < 1.29 is 9.53 Å². The maximum atomic E-state index is 13.0. The van der Waals surface area contributed by atoms with Crippen molar-refractivity contribution in [3.8, 4) is 0 Å². The van der Waals surface area contributed by atoms with Crippen LogP contribution in [0.15, 0.2) is 65.3 Å². The van der Waals surface area contributed by atoms with Crippen LogP contribution in [0.1, 0.15) is 12.5 Å². The second kappa shape index (κ2) is 8.04. The van der Waals surface area contributed by atoms with E-state index in [-0.39, 0.29) is 5.91 Å². The van der Waals surface area contributed by atoms with E-state index in [9.17, 15) is 4.79 Å². The average Bonchev–Trinajstić information content (AvgIpc) is 2.91. The number of allylic oxidation sites excluding steroid dienone is 1. The summed E-state index contributed by atoms with van der Waals surface area (Å²) in [6.45, 7) is 2.40. The van der Waals surface area contributed by atoms with Crippen molar-refractivity contribution in [1.29, 1.82) is 0 Å². The Kier molecular flexibility index (Phi) is 5.78. The molecule has 25 heavy (non-hydrogen) atoms. The summed E-state index contributed by atoms with van der Waals surface area (Å²) in [6.07, 6.45) is 0.555. The topological polar surface area (TPSA) is 29.5 Å². The fourth-order valence-corrected chi connectivity index (χ4v) is 3.94. The molecule has 0 spiro atoms. The van der Waals surface area contributed by atoms with E-state index in [2.05, 4.69) is 0 Å². The second-order valence-electron chi connectivity index (χ2n) is 5.33. The van der Waals surface area contributed by atoms with Gasteiger partial charge in [-0.3, -0.25) is 9.69 Å². The fourth-order valence-electron chi connectivity index (χ4n) is 2.50. The molecule has 6 heteroatoms. The monoisotopic (exact) mass is 389 g/mol. The largest absolute Gasteiger partial charge is 0.496 e. The number of thioether (sulfide) groups is 1. The van der Waals surface area contributed by atoms with Crippen LogP contribution in [-0.4, -0.2) is 16.8 Å². The van der Waals surface area contributed by atoms with Gasteiger partial charge in [-0.25, -0.2) is 0 Å². The van der Waals surface area contributed by atoms with Gasteiger partial charge in [0.15, 0.2) is 4.32 Å². The number of carbonyl (C=O) groups excluding carboxylic acids is 1. The number of ether oxygens (including phenoxy) is 1. The standard InChI is InChI=1S/C19H16ClNO2S2/c1-2-23-16(12-13-6-4-3-5-7-13)17-18(22)21(19(24)25-17)15-10-8-14(20)9-11-15/h3-11H,2,12H2,1H3. The molecule has 3 rings (SSSR count). The van der Waals surface area contributed by atoms with Crippen molar-refractivity contribution in [3.63, 3.8) is 0 Å². The summed E-state index contributed by atoms with van der Waals surface area (Å²) < 4.78 is 6.28. The number of halogens is 1. The number of thiocarbonyl (C=S) groups is 1. The lowest BCUT2D eigenvalue weighted by atomic mass is 10.1. The Morgan fingerprint density at radius 1 is 1.16 bits per heavy atom. The van der Waals surface area contributed by atoms with Gasteiger partial charge in [-0.15, -0.1) is 0 Å². The van der Waals surface area contributed by atoms with Crippen molar-refractivity contribution >= 4 is 51.5 Å². The SMILES string of the molecule is CCOC(Cc1ccccc1)=C1SC(=S)N(c2ccc(Cl)cc2)C1=O. The number of anilines is 1. The van der Waals surface area contributed by atoms with Crippen LogP contribution in [0, 0.1) is 0 Å². The average molecular weight is 390 g/mol. The lowest BCUT2D eigenvalue weighted by Crippen LogP contribution is -2.27. The van der Waals surface area contributed by atoms with Crippen molar-refractivity contribution in [2.45, 2.75) is 13.3 Å². The molecule has 1 aliphatic rings. The summed E-state index contributed by atoms with van der Waals surface area (Å²) in [5.41, 5.74) is 1.79. The Labute approximate surface area is 161 Å². The molecule has 1 aliphatic heterocycles. The van der Waals surface area contributed by atoms with Gasteiger partial charge in [0.1, 0.15) is 10.7 Å². The van der Waals surface area contributed by atoms with Crippen molar-refractivity contribution in [3.05, 3.63) is 75.8 Å². The van der Waals surface area contributed by atoms with E-state index in [1.54, 1.807) is 24.3 Å². The van der Waals surface area contributed by atoms with E-state index < -0.39 is 0 Å². The van der Waals surface area contributed by atoms with Crippen LogP contribution in [0.4, 0.5) is 5.69 Å². The molecule has 0 aromatic heterocycles. The maximum Gasteiger partial charge on any atom is 0.274 e. The third kappa shape index (κ3) is 4.06. The fraction of sp³-hybridized carbons (Fsp3) is 0.158. The number of hydrogen-bond acceptors (Lipinski definition) is 4. The van der Waals surface area contributed by atoms with E-state index in [1.165, 1.54) is 16.7 Å². The minimum atomic E-state index is -0.156. The normalized spacial score (nSPS) is 16.3. The van der Waals surface area contributed by atoms with Gasteiger partial charge < -0.3 is 4.74 Å². The lowest BCUT2D eigenvalue weighted by Gasteiger charge is -2.15. The first-order chi connectivity index (χ1) is 12.1. The molecule has 2 aromatic rings. The Morgan fingerprint density at radius 3 is 2.48 bits per heavy atom. The molecule has 0 bridgehead atoms. The van der Waals surface area contributed by atoms with Gasteiger partial charge in [0, 0.05) is 11.4 Å². The number of amides is 1. The van der Waals surface area contributed by atoms with E-state index in [1.807, 2.05) is 37.3 Å². The highest BCUT2D eigenvalue weighted by molar-refractivity contribution is 8.27. The molecule has 1 amide bonds. The highest BCUT2D eigenvalue weighted by Gasteiger charge is 2.36. The summed E-state index contributed by atoms with van der Waals surface area (Å²) in [5, 5.41) is 0.615. The third-order valence-electron chi connectivity index (χ3n) is 3.63. The molecule has 0 unspecified atom stereocenters. The molecule has 3 nitrogen and oxygen atoms in total. The number of hydrogen-bond donors (Lipinski definition) is 0. The zero-order valence-corrected chi connectivity index (χ0v) is 16.0. The molecule has 0 radical (unpaired) electrons. The molecule has 1 heterocycles. The van der Waals surface area contributed by atoms with Crippen molar-refractivity contribution in [2.75, 3.05) is 11.5 Å². The first kappa shape index (κ1) is 18.0. The minimum absolute atomic E-state index is 0.156. The predicted octanol–water partition coefficient (Wildman–Crippen LogP) is 5.20. The molecule has 0 aliphatic carbocycles. The molecule has 1 fully saturated rings. The van der Waals surface area contributed by atoms with Gasteiger partial charge in [0.05, 0.1) is 12.3 Å². The van der Waals surface area contributed by atoms with Crippen molar-refractivity contribution in [2.24, 2.45) is 0 Å². The predicted molar refractivity (Wildman–Crippen MR) is 108 cm³/mol. The number of carbonyl (C=O) groups is 1. The third-order valence-corrected chi connectivity index (χ3v) is 5.28. The van der Waals surface area contributed by atoms with Gasteiger partial charge in [-0.1, -0.05) is 65.9 Å². The number of rotatable bonds is 5. The number of benzene rings is 2. The molecule has 0 N–H and O–H groups in total. The number of nitrogens with zero attached hydrogens (tertiary/aromatic N) is 1. The summed E-state index contributed by atoms with van der Waals surface area (Å²) in [7, 11) is 0. The molecular weight excluding hydrogens is 374 g/mol. The van der Waals surface area contributed by atoms with Crippen LogP contribution in [0.2, 0.25) is 5.02 Å².